The highest BCUT2D eigenvalue weighted by Gasteiger charge is 2.18. The molecule has 0 aromatic heterocycles. The van der Waals surface area contributed by atoms with E-state index >= 15 is 0 Å². The predicted molar refractivity (Wildman–Crippen MR) is 57.2 cm³/mol. The van der Waals surface area contributed by atoms with Crippen molar-refractivity contribution < 1.29 is 14.6 Å². The van der Waals surface area contributed by atoms with Crippen LogP contribution in [0.2, 0.25) is 0 Å². The lowest BCUT2D eigenvalue weighted by Gasteiger charge is -2.12. The van der Waals surface area contributed by atoms with Gasteiger partial charge in [0.2, 0.25) is 0 Å². The number of nitrogens with two attached hydrogens (primary N) is 1. The lowest BCUT2D eigenvalue weighted by atomic mass is 9.97. The van der Waals surface area contributed by atoms with Crippen molar-refractivity contribution >= 4 is 5.97 Å². The lowest BCUT2D eigenvalue weighted by Crippen LogP contribution is -2.21. The second kappa shape index (κ2) is 4.79. The fourth-order valence-corrected chi connectivity index (χ4v) is 1.48. The van der Waals surface area contributed by atoms with E-state index in [0.29, 0.717) is 11.3 Å². The van der Waals surface area contributed by atoms with Crippen LogP contribution in [0.5, 0.6) is 5.75 Å². The summed E-state index contributed by atoms with van der Waals surface area (Å²) in [5.74, 6) is -0.923. The van der Waals surface area contributed by atoms with E-state index in [9.17, 15) is 4.79 Å². The molecule has 1 rings (SSSR count). The summed E-state index contributed by atoms with van der Waals surface area (Å²) in [6.07, 6.45) is 0. The van der Waals surface area contributed by atoms with Gasteiger partial charge in [0.1, 0.15) is 5.75 Å². The van der Waals surface area contributed by atoms with E-state index in [1.807, 2.05) is 19.1 Å². The van der Waals surface area contributed by atoms with Gasteiger partial charge in [-0.3, -0.25) is 4.79 Å². The minimum Gasteiger partial charge on any atom is -0.497 e. The van der Waals surface area contributed by atoms with Gasteiger partial charge in [-0.15, -0.1) is 0 Å². The number of aliphatic carboxylic acids is 1. The van der Waals surface area contributed by atoms with Crippen LogP contribution in [0.25, 0.3) is 0 Å². The molecule has 1 unspecified atom stereocenters. The quantitative estimate of drug-likeness (QED) is 0.779. The van der Waals surface area contributed by atoms with Crippen LogP contribution in [-0.4, -0.2) is 24.7 Å². The Labute approximate surface area is 88.7 Å². The lowest BCUT2D eigenvalue weighted by molar-refractivity contribution is -0.138. The summed E-state index contributed by atoms with van der Waals surface area (Å²) in [6, 6.07) is 5.37. The van der Waals surface area contributed by atoms with Gasteiger partial charge in [-0.2, -0.15) is 0 Å². The van der Waals surface area contributed by atoms with Gasteiger partial charge in [-0.25, -0.2) is 0 Å². The molecule has 1 atom stereocenters. The molecule has 15 heavy (non-hydrogen) atoms. The average Bonchev–Trinajstić information content (AvgIpc) is 2.17. The van der Waals surface area contributed by atoms with E-state index in [1.54, 1.807) is 13.2 Å². The summed E-state index contributed by atoms with van der Waals surface area (Å²) in [7, 11) is 1.55. The summed E-state index contributed by atoms with van der Waals surface area (Å²) in [5, 5.41) is 8.96. The van der Waals surface area contributed by atoms with Crippen LogP contribution in [0.1, 0.15) is 17.0 Å². The van der Waals surface area contributed by atoms with Crippen molar-refractivity contribution in [1.82, 2.24) is 0 Å². The normalized spacial score (nSPS) is 12.2. The zero-order valence-electron chi connectivity index (χ0n) is 8.86. The molecule has 0 radical (unpaired) electrons. The van der Waals surface area contributed by atoms with Gasteiger partial charge in [0, 0.05) is 6.54 Å². The Morgan fingerprint density at radius 3 is 2.67 bits per heavy atom. The Morgan fingerprint density at radius 2 is 2.20 bits per heavy atom. The van der Waals surface area contributed by atoms with E-state index < -0.39 is 11.9 Å². The molecule has 1 aromatic rings. The Kier molecular flexibility index (Phi) is 3.68. The van der Waals surface area contributed by atoms with Gasteiger partial charge in [0.25, 0.3) is 0 Å². The average molecular weight is 209 g/mol. The third-order valence-corrected chi connectivity index (χ3v) is 2.25. The zero-order chi connectivity index (χ0) is 11.4. The SMILES string of the molecule is COc1cc(C)cc(C(CN)C(=O)O)c1. The first-order valence-corrected chi connectivity index (χ1v) is 4.67. The zero-order valence-corrected chi connectivity index (χ0v) is 8.86. The van der Waals surface area contributed by atoms with Crippen LogP contribution in [-0.2, 0) is 4.79 Å². The van der Waals surface area contributed by atoms with Crippen molar-refractivity contribution in [3.63, 3.8) is 0 Å². The van der Waals surface area contributed by atoms with Crippen molar-refractivity contribution in [2.75, 3.05) is 13.7 Å². The number of hydrogen-bond acceptors (Lipinski definition) is 3. The highest BCUT2D eigenvalue weighted by molar-refractivity contribution is 5.76. The molecular weight excluding hydrogens is 194 g/mol. The molecule has 3 N–H and O–H groups in total. The van der Waals surface area contributed by atoms with E-state index in [-0.39, 0.29) is 6.54 Å². The molecule has 0 saturated carbocycles. The molecule has 0 bridgehead atoms. The number of benzene rings is 1. The molecule has 0 aliphatic heterocycles. The van der Waals surface area contributed by atoms with Crippen LogP contribution in [0.4, 0.5) is 0 Å². The van der Waals surface area contributed by atoms with Gasteiger partial charge in [0.05, 0.1) is 13.0 Å². The molecule has 0 heterocycles. The van der Waals surface area contributed by atoms with E-state index in [4.69, 9.17) is 15.6 Å². The first kappa shape index (κ1) is 11.5. The maximum absolute atomic E-state index is 10.9. The Morgan fingerprint density at radius 1 is 1.53 bits per heavy atom. The Balaban J connectivity index is 3.11. The standard InChI is InChI=1S/C11H15NO3/c1-7-3-8(5-9(4-7)15-2)10(6-12)11(13)14/h3-5,10H,6,12H2,1-2H3,(H,13,14). The number of rotatable bonds is 4. The number of carboxylic acid groups (broad SMARTS) is 1. The Bertz CT molecular complexity index is 363. The van der Waals surface area contributed by atoms with Crippen molar-refractivity contribution in [3.8, 4) is 5.75 Å². The van der Waals surface area contributed by atoms with Crippen LogP contribution in [0.3, 0.4) is 0 Å². The third kappa shape index (κ3) is 2.70. The summed E-state index contributed by atoms with van der Waals surface area (Å²) in [6.45, 7) is 1.98. The molecule has 4 nitrogen and oxygen atoms in total. The Hall–Kier alpha value is -1.55. The number of aryl methyl sites for hydroxylation is 1. The van der Waals surface area contributed by atoms with E-state index in [0.717, 1.165) is 5.56 Å². The summed E-state index contributed by atoms with van der Waals surface area (Å²) >= 11 is 0. The number of methoxy groups -OCH3 is 1. The minimum atomic E-state index is -0.912. The second-order valence-electron chi connectivity index (χ2n) is 3.41. The fraction of sp³-hybridized carbons (Fsp3) is 0.364. The number of ether oxygens (including phenoxy) is 1. The topological polar surface area (TPSA) is 72.5 Å². The van der Waals surface area contributed by atoms with Gasteiger partial charge < -0.3 is 15.6 Å². The molecule has 82 valence electrons. The molecule has 4 heteroatoms. The highest BCUT2D eigenvalue weighted by atomic mass is 16.5. The van der Waals surface area contributed by atoms with Gasteiger partial charge in [-0.05, 0) is 30.2 Å². The number of carboxylic acids is 1. The second-order valence-corrected chi connectivity index (χ2v) is 3.41. The summed E-state index contributed by atoms with van der Waals surface area (Å²) in [4.78, 5) is 10.9. The van der Waals surface area contributed by atoms with Crippen molar-refractivity contribution in [2.45, 2.75) is 12.8 Å². The van der Waals surface area contributed by atoms with Gasteiger partial charge >= 0.3 is 5.97 Å². The largest absolute Gasteiger partial charge is 0.497 e. The van der Waals surface area contributed by atoms with Crippen molar-refractivity contribution in [3.05, 3.63) is 29.3 Å². The monoisotopic (exact) mass is 209 g/mol. The van der Waals surface area contributed by atoms with Crippen LogP contribution in [0, 0.1) is 6.92 Å². The molecule has 0 aliphatic carbocycles. The van der Waals surface area contributed by atoms with Gasteiger partial charge in [-0.1, -0.05) is 6.07 Å². The van der Waals surface area contributed by atoms with E-state index in [2.05, 4.69) is 0 Å². The predicted octanol–water partition coefficient (Wildman–Crippen LogP) is 1.13. The van der Waals surface area contributed by atoms with Crippen molar-refractivity contribution in [2.24, 2.45) is 5.73 Å². The van der Waals surface area contributed by atoms with Crippen LogP contribution in [0.15, 0.2) is 18.2 Å². The maximum atomic E-state index is 10.9. The fourth-order valence-electron chi connectivity index (χ4n) is 1.48. The maximum Gasteiger partial charge on any atom is 0.312 e. The van der Waals surface area contributed by atoms with Gasteiger partial charge in [0.15, 0.2) is 0 Å². The van der Waals surface area contributed by atoms with Crippen molar-refractivity contribution in [1.29, 1.82) is 0 Å². The molecule has 0 amide bonds. The molecule has 0 saturated heterocycles. The van der Waals surface area contributed by atoms with Crippen LogP contribution >= 0.6 is 0 Å². The minimum absolute atomic E-state index is 0.0853. The molecule has 0 aliphatic rings. The summed E-state index contributed by atoms with van der Waals surface area (Å²) in [5.41, 5.74) is 7.07. The smallest absolute Gasteiger partial charge is 0.312 e. The number of hydrogen-bond donors (Lipinski definition) is 2. The molecule has 1 aromatic carbocycles. The highest BCUT2D eigenvalue weighted by Crippen LogP contribution is 2.22. The number of carbonyl (C=O) groups is 1. The summed E-state index contributed by atoms with van der Waals surface area (Å²) < 4.78 is 5.08. The van der Waals surface area contributed by atoms with E-state index in [1.165, 1.54) is 0 Å². The van der Waals surface area contributed by atoms with Crippen LogP contribution < -0.4 is 10.5 Å². The third-order valence-electron chi connectivity index (χ3n) is 2.25. The molecule has 0 spiro atoms. The molecule has 0 fully saturated rings. The first-order chi connectivity index (χ1) is 7.08. The molecular formula is C11H15NO3. The first-order valence-electron chi connectivity index (χ1n) is 4.67.